The Balaban J connectivity index is 0.000000268. The quantitative estimate of drug-likeness (QED) is 0.360. The summed E-state index contributed by atoms with van der Waals surface area (Å²) in [4.78, 5) is 36.9. The van der Waals surface area contributed by atoms with Crippen LogP contribution in [0.25, 0.3) is 0 Å². The van der Waals surface area contributed by atoms with Crippen molar-refractivity contribution in [2.75, 3.05) is 50.6 Å². The standard InChI is InChI=1S/C15H20NO2.C14H15BrN2O3.K/c1-11-8-9-13(10-14(11)18-2)16-15(17)12-6-4-3-5-7-12;1-10-11(9-18)6-12(7-13(10)15)16-14(19)8-17-2-4-20-5-3-17;/h3,8-10,12H,4-7H2,1-2H3,(H,16,17);6-7H,1-5,8H2,(H,16,19);/q-1;-2;+1. The Labute approximate surface area is 282 Å². The second kappa shape index (κ2) is 17.5. The minimum atomic E-state index is -0.118. The Morgan fingerprint density at radius 3 is 2.49 bits per heavy atom. The van der Waals surface area contributed by atoms with E-state index in [2.05, 4.69) is 39.9 Å². The molecule has 2 amide bonds. The maximum atomic E-state index is 12.1. The first kappa shape index (κ1) is 34.0. The van der Waals surface area contributed by atoms with Crippen molar-refractivity contribution >= 4 is 45.4 Å². The van der Waals surface area contributed by atoms with Crippen molar-refractivity contribution in [3.8, 4) is 5.75 Å². The van der Waals surface area contributed by atoms with Gasteiger partial charge in [0.1, 0.15) is 5.75 Å². The second-order valence-electron chi connectivity index (χ2n) is 9.34. The fourth-order valence-corrected chi connectivity index (χ4v) is 4.75. The molecule has 1 aliphatic heterocycles. The molecule has 39 heavy (non-hydrogen) atoms. The molecule has 0 radical (unpaired) electrons. The van der Waals surface area contributed by atoms with Gasteiger partial charge in [-0.2, -0.15) is 18.9 Å². The van der Waals surface area contributed by atoms with Gasteiger partial charge in [0.2, 0.25) is 11.8 Å². The predicted molar refractivity (Wildman–Crippen MR) is 152 cm³/mol. The molecule has 0 atom stereocenters. The Morgan fingerprint density at radius 2 is 1.85 bits per heavy atom. The van der Waals surface area contributed by atoms with Crippen LogP contribution in [0.5, 0.6) is 5.75 Å². The van der Waals surface area contributed by atoms with Crippen molar-refractivity contribution in [3.63, 3.8) is 0 Å². The van der Waals surface area contributed by atoms with Gasteiger partial charge in [-0.15, -0.1) is 26.5 Å². The fourth-order valence-electron chi connectivity index (χ4n) is 4.29. The number of benzene rings is 2. The summed E-state index contributed by atoms with van der Waals surface area (Å²) in [5, 5.41) is 5.75. The van der Waals surface area contributed by atoms with Crippen LogP contribution in [-0.2, 0) is 19.1 Å². The Morgan fingerprint density at radius 1 is 1.15 bits per heavy atom. The van der Waals surface area contributed by atoms with Crippen molar-refractivity contribution in [3.05, 3.63) is 64.8 Å². The van der Waals surface area contributed by atoms with Gasteiger partial charge in [0.25, 0.3) is 0 Å². The summed E-state index contributed by atoms with van der Waals surface area (Å²) in [6.45, 7) is 8.87. The van der Waals surface area contributed by atoms with Crippen LogP contribution in [0.1, 0.15) is 42.4 Å². The minimum absolute atomic E-state index is 0. The average molecular weight is 625 g/mol. The van der Waals surface area contributed by atoms with Crippen LogP contribution in [-0.4, -0.2) is 63.0 Å². The van der Waals surface area contributed by atoms with E-state index in [9.17, 15) is 14.4 Å². The number of hydrogen-bond donors (Lipinski definition) is 2. The number of carbonyl (C=O) groups is 2. The van der Waals surface area contributed by atoms with Crippen LogP contribution in [0, 0.1) is 26.2 Å². The van der Waals surface area contributed by atoms with Gasteiger partial charge >= 0.3 is 51.4 Å². The van der Waals surface area contributed by atoms with Gasteiger partial charge in [-0.05, 0) is 30.5 Å². The maximum Gasteiger partial charge on any atom is 1.00 e. The molecular weight excluding hydrogens is 589 g/mol. The molecule has 206 valence electrons. The summed E-state index contributed by atoms with van der Waals surface area (Å²) in [5.41, 5.74) is 3.34. The summed E-state index contributed by atoms with van der Waals surface area (Å²) in [6, 6.07) is 9.05. The smallest absolute Gasteiger partial charge is 0.496 e. The third-order valence-corrected chi connectivity index (χ3v) is 7.25. The summed E-state index contributed by atoms with van der Waals surface area (Å²) in [7, 11) is 1.64. The zero-order chi connectivity index (χ0) is 27.5. The number of methoxy groups -OCH3 is 1. The molecule has 4 rings (SSSR count). The molecule has 0 aromatic heterocycles. The topological polar surface area (TPSA) is 97.0 Å². The number of morpholine rings is 1. The second-order valence-corrected chi connectivity index (χ2v) is 10.2. The van der Waals surface area contributed by atoms with Crippen molar-refractivity contribution < 1.29 is 75.2 Å². The molecule has 0 unspecified atom stereocenters. The van der Waals surface area contributed by atoms with E-state index in [-0.39, 0.29) is 69.1 Å². The van der Waals surface area contributed by atoms with Crippen LogP contribution < -0.4 is 66.8 Å². The Bertz CT molecular complexity index is 1120. The number of hydrogen-bond acceptors (Lipinski definition) is 6. The predicted octanol–water partition coefficient (Wildman–Crippen LogP) is 1.70. The monoisotopic (exact) mass is 623 g/mol. The molecule has 2 aromatic rings. The first-order chi connectivity index (χ1) is 18.3. The first-order valence-electron chi connectivity index (χ1n) is 12.7. The van der Waals surface area contributed by atoms with E-state index < -0.39 is 0 Å². The van der Waals surface area contributed by atoms with Crippen molar-refractivity contribution in [1.29, 1.82) is 0 Å². The van der Waals surface area contributed by atoms with Crippen molar-refractivity contribution in [2.24, 2.45) is 5.92 Å². The Kier molecular flexibility index (Phi) is 15.3. The van der Waals surface area contributed by atoms with Crippen LogP contribution in [0.15, 0.2) is 34.8 Å². The molecule has 8 nitrogen and oxygen atoms in total. The minimum Gasteiger partial charge on any atom is -0.496 e. The van der Waals surface area contributed by atoms with Crippen molar-refractivity contribution in [1.82, 2.24) is 4.90 Å². The van der Waals surface area contributed by atoms with Crippen LogP contribution in [0.2, 0.25) is 0 Å². The first-order valence-corrected chi connectivity index (χ1v) is 13.5. The van der Waals surface area contributed by atoms with Gasteiger partial charge in [-0.3, -0.25) is 32.5 Å². The van der Waals surface area contributed by atoms with E-state index in [0.717, 1.165) is 55.8 Å². The van der Waals surface area contributed by atoms with Gasteiger partial charge in [0, 0.05) is 30.8 Å². The average Bonchev–Trinajstić information content (AvgIpc) is 2.93. The van der Waals surface area contributed by atoms with E-state index in [0.29, 0.717) is 41.0 Å². The zero-order valence-corrected chi connectivity index (χ0v) is 27.7. The molecule has 1 saturated carbocycles. The zero-order valence-electron chi connectivity index (χ0n) is 23.0. The van der Waals surface area contributed by atoms with Gasteiger partial charge in [0.05, 0.1) is 26.9 Å². The molecule has 2 aliphatic rings. The molecular formula is C29H35BrKN3O5-2. The van der Waals surface area contributed by atoms with Gasteiger partial charge in [-0.1, -0.05) is 18.9 Å². The number of rotatable bonds is 7. The molecule has 0 spiro atoms. The molecule has 1 saturated heterocycles. The summed E-state index contributed by atoms with van der Waals surface area (Å²) in [6.07, 6.45) is 8.11. The van der Waals surface area contributed by atoms with Crippen LogP contribution in [0.4, 0.5) is 11.4 Å². The SMILES string of the molecule is COc1cc(NC(=O)C2CC[CH-]CC2)ccc1C.[CH2-]c1c(Br)cc(NC(=O)CN2CCOCC2)cc1[C-]=O.[K+]. The maximum absolute atomic E-state index is 12.1. The fraction of sp³-hybridized carbons (Fsp3) is 0.414. The molecule has 2 N–H and O–H groups in total. The van der Waals surface area contributed by atoms with E-state index >= 15 is 0 Å². The molecule has 2 fully saturated rings. The summed E-state index contributed by atoms with van der Waals surface area (Å²) >= 11 is 3.31. The summed E-state index contributed by atoms with van der Waals surface area (Å²) < 4.78 is 11.2. The largest absolute Gasteiger partial charge is 1.00 e. The number of halogens is 1. The summed E-state index contributed by atoms with van der Waals surface area (Å²) in [5.74, 6) is 0.980. The van der Waals surface area contributed by atoms with Crippen LogP contribution in [0.3, 0.4) is 0 Å². The van der Waals surface area contributed by atoms with E-state index in [4.69, 9.17) is 9.47 Å². The number of ether oxygens (including phenoxy) is 2. The third-order valence-electron chi connectivity index (χ3n) is 6.55. The molecule has 1 aliphatic carbocycles. The van der Waals surface area contributed by atoms with E-state index in [1.807, 2.05) is 36.3 Å². The van der Waals surface area contributed by atoms with Crippen molar-refractivity contribution in [2.45, 2.75) is 32.6 Å². The molecule has 2 aromatic carbocycles. The van der Waals surface area contributed by atoms with Gasteiger partial charge in [0.15, 0.2) is 0 Å². The van der Waals surface area contributed by atoms with E-state index in [1.54, 1.807) is 19.2 Å². The molecule has 1 heterocycles. The number of carbonyl (C=O) groups excluding carboxylic acids is 3. The molecule has 10 heteroatoms. The number of aryl methyl sites for hydroxylation is 1. The number of nitrogens with zero attached hydrogens (tertiary/aromatic N) is 1. The van der Waals surface area contributed by atoms with Gasteiger partial charge < -0.3 is 31.3 Å². The number of nitrogens with one attached hydrogen (secondary N) is 2. The molecule has 0 bridgehead atoms. The normalized spacial score (nSPS) is 15.7. The van der Waals surface area contributed by atoms with Crippen LogP contribution >= 0.6 is 15.9 Å². The number of anilines is 2. The number of amides is 2. The van der Waals surface area contributed by atoms with Gasteiger partial charge in [-0.25, -0.2) is 0 Å². The van der Waals surface area contributed by atoms with E-state index in [1.165, 1.54) is 0 Å². The Hall–Kier alpha value is -1.24. The third kappa shape index (κ3) is 10.9.